The Morgan fingerprint density at radius 2 is 1.43 bits per heavy atom. The van der Waals surface area contributed by atoms with Crippen molar-refractivity contribution in [2.45, 2.75) is 24.2 Å². The van der Waals surface area contributed by atoms with E-state index in [9.17, 15) is 0 Å². The normalized spacial score (nSPS) is 19.0. The number of hydrogen-bond acceptors (Lipinski definition) is 2. The quantitative estimate of drug-likeness (QED) is 0.180. The van der Waals surface area contributed by atoms with Gasteiger partial charge in [-0.15, -0.1) is 11.8 Å². The van der Waals surface area contributed by atoms with Crippen molar-refractivity contribution in [3.63, 3.8) is 0 Å². The van der Waals surface area contributed by atoms with Crippen LogP contribution in [0.5, 0.6) is 0 Å². The molecule has 0 saturated carbocycles. The van der Waals surface area contributed by atoms with E-state index in [1.165, 1.54) is 38.0 Å². The van der Waals surface area contributed by atoms with Crippen molar-refractivity contribution >= 4 is 63.6 Å². The first-order valence-corrected chi connectivity index (χ1v) is 19.7. The molecule has 9 rings (SSSR count). The Morgan fingerprint density at radius 1 is 0.667 bits per heavy atom. The molecule has 0 atom stereocenters. The van der Waals surface area contributed by atoms with Crippen LogP contribution in [-0.2, 0) is 6.42 Å². The van der Waals surface area contributed by atoms with Crippen LogP contribution in [0.1, 0.15) is 29.5 Å². The molecule has 0 spiro atoms. The van der Waals surface area contributed by atoms with Crippen molar-refractivity contribution in [1.82, 2.24) is 0 Å². The summed E-state index contributed by atoms with van der Waals surface area (Å²) in [6, 6.07) is 47.6. The minimum absolute atomic E-state index is 0.817. The maximum absolute atomic E-state index is 6.70. The zero-order chi connectivity index (χ0) is 36.4. The minimum atomic E-state index is 0.817. The van der Waals surface area contributed by atoms with E-state index in [0.29, 0.717) is 0 Å². The topological polar surface area (TPSA) is 13.1 Å². The highest BCUT2D eigenvalue weighted by molar-refractivity contribution is 7.99. The largest absolute Gasteiger partial charge is 0.455 e. The average molecular weight is 713 g/mol. The Morgan fingerprint density at radius 3 is 2.30 bits per heavy atom. The molecular formula is C52H40OS. The molecule has 0 amide bonds. The molecule has 54 heavy (non-hydrogen) atoms. The number of allylic oxidation sites excluding steroid dienone is 5. The fraction of sp³-hybridized carbons (Fsp3) is 0.0769. The molecule has 0 unspecified atom stereocenters. The monoisotopic (exact) mass is 712 g/mol. The number of furan rings is 1. The lowest BCUT2D eigenvalue weighted by Gasteiger charge is -2.13. The summed E-state index contributed by atoms with van der Waals surface area (Å²) < 4.78 is 6.70. The lowest BCUT2D eigenvalue weighted by atomic mass is 9.92. The van der Waals surface area contributed by atoms with E-state index in [0.717, 1.165) is 84.9 Å². The van der Waals surface area contributed by atoms with Gasteiger partial charge in [0.25, 0.3) is 0 Å². The summed E-state index contributed by atoms with van der Waals surface area (Å²) in [5, 5.41) is 6.71. The van der Waals surface area contributed by atoms with E-state index in [1.807, 2.05) is 17.8 Å². The van der Waals surface area contributed by atoms with E-state index < -0.39 is 0 Å². The lowest BCUT2D eigenvalue weighted by Crippen LogP contribution is -2.30. The zero-order valence-electron chi connectivity index (χ0n) is 30.2. The molecule has 2 heterocycles. The van der Waals surface area contributed by atoms with Gasteiger partial charge in [-0.05, 0) is 115 Å². The summed E-state index contributed by atoms with van der Waals surface area (Å²) in [6.07, 6.45) is 16.6. The lowest BCUT2D eigenvalue weighted by molar-refractivity contribution is 0.667. The number of hydrogen-bond donors (Lipinski definition) is 0. The molecule has 6 aromatic carbocycles. The van der Waals surface area contributed by atoms with Crippen LogP contribution in [0, 0.1) is 0 Å². The van der Waals surface area contributed by atoms with Crippen LogP contribution >= 0.6 is 11.8 Å². The van der Waals surface area contributed by atoms with E-state index in [4.69, 9.17) is 4.42 Å². The predicted molar refractivity (Wildman–Crippen MR) is 232 cm³/mol. The van der Waals surface area contributed by atoms with Crippen LogP contribution in [0.4, 0.5) is 0 Å². The smallest absolute Gasteiger partial charge is 0.142 e. The van der Waals surface area contributed by atoms with Gasteiger partial charge in [0.05, 0.1) is 0 Å². The third-order valence-corrected chi connectivity index (χ3v) is 11.7. The Balaban J connectivity index is 1.27. The first-order valence-electron chi connectivity index (χ1n) is 18.7. The molecule has 1 aromatic heterocycles. The van der Waals surface area contributed by atoms with E-state index in [1.54, 1.807) is 0 Å². The number of thioether (sulfide) groups is 1. The van der Waals surface area contributed by atoms with Gasteiger partial charge in [0.15, 0.2) is 0 Å². The Bertz CT molecular complexity index is 2940. The average Bonchev–Trinajstić information content (AvgIpc) is 3.62. The number of fused-ring (bicyclic) bond motifs is 7. The highest BCUT2D eigenvalue weighted by Gasteiger charge is 2.19. The van der Waals surface area contributed by atoms with Crippen molar-refractivity contribution in [2.24, 2.45) is 0 Å². The fourth-order valence-electron chi connectivity index (χ4n) is 7.80. The Kier molecular flexibility index (Phi) is 9.20. The van der Waals surface area contributed by atoms with Gasteiger partial charge in [0.1, 0.15) is 11.2 Å². The molecule has 2 aliphatic rings. The van der Waals surface area contributed by atoms with Gasteiger partial charge in [-0.1, -0.05) is 153 Å². The van der Waals surface area contributed by atoms with Crippen LogP contribution in [0.15, 0.2) is 185 Å². The van der Waals surface area contributed by atoms with Gasteiger partial charge in [-0.25, -0.2) is 0 Å². The summed E-state index contributed by atoms with van der Waals surface area (Å²) in [6.45, 7) is 9.12. The minimum Gasteiger partial charge on any atom is -0.455 e. The summed E-state index contributed by atoms with van der Waals surface area (Å²) in [5.74, 6) is 0.817. The van der Waals surface area contributed by atoms with Gasteiger partial charge in [0.2, 0.25) is 0 Å². The van der Waals surface area contributed by atoms with Gasteiger partial charge >= 0.3 is 0 Å². The van der Waals surface area contributed by atoms with Gasteiger partial charge in [-0.3, -0.25) is 0 Å². The maximum atomic E-state index is 6.70. The second-order valence-electron chi connectivity index (χ2n) is 14.1. The first-order chi connectivity index (χ1) is 26.6. The maximum Gasteiger partial charge on any atom is 0.142 e. The molecule has 0 saturated heterocycles. The molecule has 1 aliphatic carbocycles. The molecule has 0 N–H and O–H groups in total. The number of para-hydroxylation sites is 1. The van der Waals surface area contributed by atoms with Crippen molar-refractivity contribution < 1.29 is 4.42 Å². The van der Waals surface area contributed by atoms with Gasteiger partial charge in [0, 0.05) is 27.0 Å². The second-order valence-corrected chi connectivity index (χ2v) is 15.1. The van der Waals surface area contributed by atoms with E-state index in [2.05, 4.69) is 177 Å². The van der Waals surface area contributed by atoms with E-state index >= 15 is 0 Å². The molecule has 1 aliphatic heterocycles. The third kappa shape index (κ3) is 6.55. The highest BCUT2D eigenvalue weighted by atomic mass is 32.2. The summed E-state index contributed by atoms with van der Waals surface area (Å²) >= 11 is 1.92. The summed E-state index contributed by atoms with van der Waals surface area (Å²) in [5.41, 5.74) is 12.6. The highest BCUT2D eigenvalue weighted by Crippen LogP contribution is 2.38. The molecule has 1 nitrogen and oxygen atoms in total. The van der Waals surface area contributed by atoms with Crippen LogP contribution < -0.4 is 20.9 Å². The second kappa shape index (κ2) is 14.7. The van der Waals surface area contributed by atoms with Crippen molar-refractivity contribution in [2.75, 3.05) is 5.75 Å². The van der Waals surface area contributed by atoms with Gasteiger partial charge in [-0.2, -0.15) is 0 Å². The molecular weight excluding hydrogens is 673 g/mol. The van der Waals surface area contributed by atoms with Crippen LogP contribution in [0.25, 0.3) is 62.9 Å². The van der Waals surface area contributed by atoms with Crippen LogP contribution in [0.3, 0.4) is 0 Å². The number of rotatable bonds is 4. The number of benzene rings is 6. The molecule has 0 fully saturated rings. The molecule has 260 valence electrons. The summed E-state index contributed by atoms with van der Waals surface area (Å²) in [4.78, 5) is 1.32. The fourth-order valence-corrected chi connectivity index (χ4v) is 8.85. The van der Waals surface area contributed by atoms with Crippen molar-refractivity contribution in [3.05, 3.63) is 213 Å². The molecule has 7 aromatic rings. The molecule has 0 bridgehead atoms. The zero-order valence-corrected chi connectivity index (χ0v) is 31.0. The molecule has 0 radical (unpaired) electrons. The molecule has 2 heteroatoms. The van der Waals surface area contributed by atoms with Crippen molar-refractivity contribution in [1.29, 1.82) is 0 Å². The Hall–Kier alpha value is -6.09. The predicted octanol–water partition coefficient (Wildman–Crippen LogP) is 10.7. The summed E-state index contributed by atoms with van der Waals surface area (Å²) in [7, 11) is 0. The first kappa shape index (κ1) is 33.7. The van der Waals surface area contributed by atoms with Crippen LogP contribution in [0.2, 0.25) is 0 Å². The Labute approximate surface area is 320 Å². The third-order valence-electron chi connectivity index (χ3n) is 10.6. The van der Waals surface area contributed by atoms with Crippen molar-refractivity contribution in [3.8, 4) is 11.1 Å². The standard InChI is InChI=1S/C52H40OS/c1-35-30-39(37-16-6-5-7-17-37)27-26-38(35)31-36(2)43-19-8-3-4-9-20-44(46-22-12-11-21-45(43)46)42-33-49-40(32-41-18-10-15-25-51(41)54-34-42)28-29-48-47-23-13-14-24-50(47)53-52(48)49/h5-31,33H,1-4,32,34H2/b19-8+,20-9+,38-31-,42-33+,45-43+,46-44+. The SMILES string of the molecule is C=C(/C=c1/ccc(-c2ccccc2)cc1=C)C1=c2/cccc/c2=C(\C2=C\c3c(ccc4c3oc3ccccc34)Cc3ccccc3SC2)/C=C/CC/C=C/1. The van der Waals surface area contributed by atoms with Gasteiger partial charge < -0.3 is 4.42 Å². The van der Waals surface area contributed by atoms with E-state index in [-0.39, 0.29) is 0 Å². The van der Waals surface area contributed by atoms with Crippen LogP contribution in [-0.4, -0.2) is 5.75 Å².